The summed E-state index contributed by atoms with van der Waals surface area (Å²) in [6.07, 6.45) is 9.03. The van der Waals surface area contributed by atoms with Gasteiger partial charge in [-0.15, -0.1) is 0 Å². The first-order valence-corrected chi connectivity index (χ1v) is 7.20. The van der Waals surface area contributed by atoms with Gasteiger partial charge < -0.3 is 4.90 Å². The maximum Gasteiger partial charge on any atom is 0.243 e. The van der Waals surface area contributed by atoms with Gasteiger partial charge in [0.25, 0.3) is 0 Å². The molecule has 0 radical (unpaired) electrons. The van der Waals surface area contributed by atoms with Crippen LogP contribution in [0.1, 0.15) is 58.8 Å². The molecule has 2 aliphatic rings. The second-order valence-electron chi connectivity index (χ2n) is 5.88. The minimum absolute atomic E-state index is 0.299. The Morgan fingerprint density at radius 2 is 2.06 bits per heavy atom. The lowest BCUT2D eigenvalue weighted by Gasteiger charge is -2.25. The van der Waals surface area contributed by atoms with Crippen LogP contribution in [0.25, 0.3) is 0 Å². The number of hydrogen-bond donors (Lipinski definition) is 1. The van der Waals surface area contributed by atoms with Crippen LogP contribution in [-0.4, -0.2) is 29.6 Å². The Hall–Kier alpha value is -0.570. The molecule has 2 rings (SSSR count). The van der Waals surface area contributed by atoms with E-state index in [1.807, 2.05) is 11.8 Å². The standard InChI is InChI=1S/C14H26N2O/c1-3-14(2)13(17)16(11-15-14)10-9-12-7-5-4-6-8-12/h12,15H,3-11H2,1-2H3. The SMILES string of the molecule is CCC1(C)NCN(CCC2CCCCC2)C1=O. The van der Waals surface area contributed by atoms with Crippen molar-refractivity contribution >= 4 is 5.91 Å². The van der Waals surface area contributed by atoms with Crippen LogP contribution in [0.4, 0.5) is 0 Å². The number of carbonyl (C=O) groups excluding carboxylic acids is 1. The summed E-state index contributed by atoms with van der Waals surface area (Å²) in [5.74, 6) is 1.17. The average molecular weight is 238 g/mol. The summed E-state index contributed by atoms with van der Waals surface area (Å²) in [4.78, 5) is 14.2. The van der Waals surface area contributed by atoms with Gasteiger partial charge in [-0.3, -0.25) is 10.1 Å². The van der Waals surface area contributed by atoms with E-state index in [-0.39, 0.29) is 5.54 Å². The van der Waals surface area contributed by atoms with Crippen LogP contribution in [-0.2, 0) is 4.79 Å². The van der Waals surface area contributed by atoms with Gasteiger partial charge in [-0.05, 0) is 25.7 Å². The zero-order valence-corrected chi connectivity index (χ0v) is 11.3. The predicted molar refractivity (Wildman–Crippen MR) is 69.6 cm³/mol. The molecule has 17 heavy (non-hydrogen) atoms. The fourth-order valence-corrected chi connectivity index (χ4v) is 3.04. The molecule has 3 nitrogen and oxygen atoms in total. The minimum atomic E-state index is -0.299. The Morgan fingerprint density at radius 3 is 2.65 bits per heavy atom. The third-order valence-corrected chi connectivity index (χ3v) is 4.66. The van der Waals surface area contributed by atoms with Crippen molar-refractivity contribution in [3.8, 4) is 0 Å². The maximum atomic E-state index is 12.2. The van der Waals surface area contributed by atoms with E-state index in [0.717, 1.165) is 25.6 Å². The maximum absolute atomic E-state index is 12.2. The summed E-state index contributed by atoms with van der Waals surface area (Å²) < 4.78 is 0. The van der Waals surface area contributed by atoms with Crippen LogP contribution in [0.2, 0.25) is 0 Å². The summed E-state index contributed by atoms with van der Waals surface area (Å²) in [5.41, 5.74) is -0.299. The first-order chi connectivity index (χ1) is 8.15. The summed E-state index contributed by atoms with van der Waals surface area (Å²) >= 11 is 0. The molecule has 1 saturated carbocycles. The Morgan fingerprint density at radius 1 is 1.35 bits per heavy atom. The van der Waals surface area contributed by atoms with E-state index in [1.165, 1.54) is 38.5 Å². The normalized spacial score (nSPS) is 31.2. The van der Waals surface area contributed by atoms with Crippen molar-refractivity contribution in [2.24, 2.45) is 5.92 Å². The van der Waals surface area contributed by atoms with Crippen LogP contribution in [0.3, 0.4) is 0 Å². The highest BCUT2D eigenvalue weighted by atomic mass is 16.2. The summed E-state index contributed by atoms with van der Waals surface area (Å²) in [5, 5.41) is 3.35. The van der Waals surface area contributed by atoms with Gasteiger partial charge >= 0.3 is 0 Å². The van der Waals surface area contributed by atoms with Crippen molar-refractivity contribution in [2.75, 3.05) is 13.2 Å². The van der Waals surface area contributed by atoms with E-state index >= 15 is 0 Å². The van der Waals surface area contributed by atoms with Gasteiger partial charge in [0, 0.05) is 6.54 Å². The van der Waals surface area contributed by atoms with Crippen LogP contribution >= 0.6 is 0 Å². The molecule has 0 aromatic rings. The molecule has 0 spiro atoms. The molecule has 3 heteroatoms. The highest BCUT2D eigenvalue weighted by molar-refractivity contribution is 5.87. The molecule has 0 bridgehead atoms. The predicted octanol–water partition coefficient (Wildman–Crippen LogP) is 2.51. The Labute approximate surface area is 105 Å². The minimum Gasteiger partial charge on any atom is -0.328 e. The third-order valence-electron chi connectivity index (χ3n) is 4.66. The molecule has 1 aliphatic heterocycles. The zero-order chi connectivity index (χ0) is 12.3. The summed E-state index contributed by atoms with van der Waals surface area (Å²) in [7, 11) is 0. The van der Waals surface area contributed by atoms with Crippen molar-refractivity contribution in [3.63, 3.8) is 0 Å². The quantitative estimate of drug-likeness (QED) is 0.816. The molecule has 1 atom stereocenters. The third kappa shape index (κ3) is 2.82. The molecule has 0 aromatic heterocycles. The Bertz CT molecular complexity index is 273. The fourth-order valence-electron chi connectivity index (χ4n) is 3.04. The van der Waals surface area contributed by atoms with Crippen molar-refractivity contribution < 1.29 is 4.79 Å². The van der Waals surface area contributed by atoms with Gasteiger partial charge in [0.2, 0.25) is 5.91 Å². The molecule has 1 unspecified atom stereocenters. The van der Waals surface area contributed by atoms with Crippen molar-refractivity contribution in [2.45, 2.75) is 64.3 Å². The van der Waals surface area contributed by atoms with Gasteiger partial charge in [-0.2, -0.15) is 0 Å². The smallest absolute Gasteiger partial charge is 0.243 e. The first kappa shape index (κ1) is 12.9. The van der Waals surface area contributed by atoms with Crippen molar-refractivity contribution in [1.82, 2.24) is 10.2 Å². The van der Waals surface area contributed by atoms with E-state index in [1.54, 1.807) is 0 Å². The number of rotatable bonds is 4. The van der Waals surface area contributed by atoms with Gasteiger partial charge in [0.1, 0.15) is 0 Å². The van der Waals surface area contributed by atoms with Gasteiger partial charge in [0.15, 0.2) is 0 Å². The molecule has 2 fully saturated rings. The molecule has 1 heterocycles. The Kier molecular flexibility index (Phi) is 4.08. The fraction of sp³-hybridized carbons (Fsp3) is 0.929. The molecule has 1 saturated heterocycles. The topological polar surface area (TPSA) is 32.3 Å². The van der Waals surface area contributed by atoms with Crippen LogP contribution in [0, 0.1) is 5.92 Å². The van der Waals surface area contributed by atoms with Crippen molar-refractivity contribution in [1.29, 1.82) is 0 Å². The van der Waals surface area contributed by atoms with Gasteiger partial charge in [-0.1, -0.05) is 39.0 Å². The lowest BCUT2D eigenvalue weighted by molar-refractivity contribution is -0.132. The molecule has 1 N–H and O–H groups in total. The number of hydrogen-bond acceptors (Lipinski definition) is 2. The van der Waals surface area contributed by atoms with E-state index < -0.39 is 0 Å². The molecule has 0 aromatic carbocycles. The molecular weight excluding hydrogens is 212 g/mol. The van der Waals surface area contributed by atoms with E-state index in [4.69, 9.17) is 0 Å². The lowest BCUT2D eigenvalue weighted by atomic mass is 9.87. The van der Waals surface area contributed by atoms with E-state index in [2.05, 4.69) is 12.2 Å². The highest BCUT2D eigenvalue weighted by Crippen LogP contribution is 2.27. The summed E-state index contributed by atoms with van der Waals surface area (Å²) in [6, 6.07) is 0. The molecule has 98 valence electrons. The van der Waals surface area contributed by atoms with Crippen LogP contribution < -0.4 is 5.32 Å². The van der Waals surface area contributed by atoms with Gasteiger partial charge in [0.05, 0.1) is 12.2 Å². The van der Waals surface area contributed by atoms with Gasteiger partial charge in [-0.25, -0.2) is 0 Å². The second kappa shape index (κ2) is 5.38. The highest BCUT2D eigenvalue weighted by Gasteiger charge is 2.40. The Balaban J connectivity index is 1.78. The van der Waals surface area contributed by atoms with E-state index in [9.17, 15) is 4.79 Å². The summed E-state index contributed by atoms with van der Waals surface area (Å²) in [6.45, 7) is 5.80. The van der Waals surface area contributed by atoms with Crippen LogP contribution in [0.15, 0.2) is 0 Å². The number of nitrogens with zero attached hydrogens (tertiary/aromatic N) is 1. The largest absolute Gasteiger partial charge is 0.328 e. The van der Waals surface area contributed by atoms with E-state index in [0.29, 0.717) is 5.91 Å². The monoisotopic (exact) mass is 238 g/mol. The molecule has 1 amide bonds. The second-order valence-corrected chi connectivity index (χ2v) is 5.88. The lowest BCUT2D eigenvalue weighted by Crippen LogP contribution is -2.43. The number of carbonyl (C=O) groups is 1. The van der Waals surface area contributed by atoms with Crippen LogP contribution in [0.5, 0.6) is 0 Å². The average Bonchev–Trinajstić information content (AvgIpc) is 2.66. The number of nitrogens with one attached hydrogen (secondary N) is 1. The molecular formula is C14H26N2O. The zero-order valence-electron chi connectivity index (χ0n) is 11.3. The first-order valence-electron chi connectivity index (χ1n) is 7.20. The molecule has 1 aliphatic carbocycles. The van der Waals surface area contributed by atoms with Crippen molar-refractivity contribution in [3.05, 3.63) is 0 Å². The number of amides is 1.